The summed E-state index contributed by atoms with van der Waals surface area (Å²) in [5, 5.41) is 3.82. The third-order valence-electron chi connectivity index (χ3n) is 5.17. The Balaban J connectivity index is 1.78. The molecule has 1 aliphatic carbocycles. The maximum Gasteiger partial charge on any atom is 0.0701 e. The monoisotopic (exact) mass is 296 g/mol. The van der Waals surface area contributed by atoms with E-state index in [0.29, 0.717) is 12.1 Å². The highest BCUT2D eigenvalue weighted by atomic mass is 16.5. The quantitative estimate of drug-likeness (QED) is 0.742. The molecule has 0 aromatic carbocycles. The van der Waals surface area contributed by atoms with E-state index in [-0.39, 0.29) is 0 Å². The summed E-state index contributed by atoms with van der Waals surface area (Å²) in [5.74, 6) is 0.889. The minimum Gasteiger partial charge on any atom is -0.377 e. The highest BCUT2D eigenvalue weighted by Gasteiger charge is 2.25. The van der Waals surface area contributed by atoms with Gasteiger partial charge in [-0.15, -0.1) is 0 Å². The van der Waals surface area contributed by atoms with Crippen LogP contribution in [0.2, 0.25) is 0 Å². The SMILES string of the molecule is CCCNC(CN(C)CC1CCCCO1)C1CCCCC1. The molecule has 0 spiro atoms. The Morgan fingerprint density at radius 1 is 1.10 bits per heavy atom. The number of rotatable bonds is 8. The maximum atomic E-state index is 5.89. The second-order valence-corrected chi connectivity index (χ2v) is 7.17. The van der Waals surface area contributed by atoms with E-state index in [1.54, 1.807) is 0 Å². The first-order valence-electron chi connectivity index (χ1n) is 9.33. The largest absolute Gasteiger partial charge is 0.377 e. The minimum absolute atomic E-state index is 0.474. The van der Waals surface area contributed by atoms with Crippen molar-refractivity contribution >= 4 is 0 Å². The van der Waals surface area contributed by atoms with E-state index in [9.17, 15) is 0 Å². The van der Waals surface area contributed by atoms with Gasteiger partial charge < -0.3 is 15.0 Å². The first-order valence-corrected chi connectivity index (χ1v) is 9.33. The molecule has 0 amide bonds. The third kappa shape index (κ3) is 6.25. The van der Waals surface area contributed by atoms with Gasteiger partial charge in [0.15, 0.2) is 0 Å². The molecule has 1 heterocycles. The lowest BCUT2D eigenvalue weighted by Gasteiger charge is -2.35. The molecule has 3 heteroatoms. The fourth-order valence-corrected chi connectivity index (χ4v) is 3.96. The zero-order valence-corrected chi connectivity index (χ0v) is 14.3. The summed E-state index contributed by atoms with van der Waals surface area (Å²) in [4.78, 5) is 2.51. The highest BCUT2D eigenvalue weighted by Crippen LogP contribution is 2.27. The van der Waals surface area contributed by atoms with Crippen LogP contribution < -0.4 is 5.32 Å². The Morgan fingerprint density at radius 3 is 2.52 bits per heavy atom. The van der Waals surface area contributed by atoms with Gasteiger partial charge in [-0.25, -0.2) is 0 Å². The lowest BCUT2D eigenvalue weighted by atomic mass is 9.83. The van der Waals surface area contributed by atoms with Crippen molar-refractivity contribution in [1.82, 2.24) is 10.2 Å². The van der Waals surface area contributed by atoms with Crippen molar-refractivity contribution in [3.8, 4) is 0 Å². The molecule has 2 rings (SSSR count). The molecule has 1 aliphatic heterocycles. The molecule has 2 fully saturated rings. The molecular weight excluding hydrogens is 260 g/mol. The smallest absolute Gasteiger partial charge is 0.0701 e. The van der Waals surface area contributed by atoms with E-state index in [1.165, 1.54) is 64.3 Å². The van der Waals surface area contributed by atoms with Crippen molar-refractivity contribution in [2.75, 3.05) is 33.3 Å². The number of ether oxygens (including phenoxy) is 1. The van der Waals surface area contributed by atoms with Crippen LogP contribution in [-0.2, 0) is 4.74 Å². The van der Waals surface area contributed by atoms with Crippen LogP contribution in [0.4, 0.5) is 0 Å². The first kappa shape index (κ1) is 17.2. The summed E-state index contributed by atoms with van der Waals surface area (Å²) in [6.45, 7) is 6.69. The van der Waals surface area contributed by atoms with Crippen LogP contribution in [0.3, 0.4) is 0 Å². The molecule has 2 atom stereocenters. The highest BCUT2D eigenvalue weighted by molar-refractivity contribution is 4.82. The van der Waals surface area contributed by atoms with Crippen molar-refractivity contribution in [2.24, 2.45) is 5.92 Å². The van der Waals surface area contributed by atoms with Gasteiger partial charge in [-0.05, 0) is 58.0 Å². The summed E-state index contributed by atoms with van der Waals surface area (Å²) >= 11 is 0. The maximum absolute atomic E-state index is 5.89. The average molecular weight is 296 g/mol. The number of hydrogen-bond acceptors (Lipinski definition) is 3. The molecule has 1 saturated heterocycles. The van der Waals surface area contributed by atoms with Gasteiger partial charge >= 0.3 is 0 Å². The molecule has 124 valence electrons. The summed E-state index contributed by atoms with van der Waals surface area (Å²) < 4.78 is 5.89. The molecular formula is C18H36N2O. The molecule has 2 unspecified atom stereocenters. The molecule has 1 N–H and O–H groups in total. The normalized spacial score (nSPS) is 26.1. The topological polar surface area (TPSA) is 24.5 Å². The van der Waals surface area contributed by atoms with Gasteiger partial charge in [0, 0.05) is 25.7 Å². The van der Waals surface area contributed by atoms with Gasteiger partial charge in [0.2, 0.25) is 0 Å². The van der Waals surface area contributed by atoms with Crippen LogP contribution in [-0.4, -0.2) is 50.3 Å². The Bertz CT molecular complexity index is 260. The fraction of sp³-hybridized carbons (Fsp3) is 1.00. The molecule has 1 saturated carbocycles. The lowest BCUT2D eigenvalue weighted by Crippen LogP contribution is -2.47. The van der Waals surface area contributed by atoms with Crippen molar-refractivity contribution in [3.05, 3.63) is 0 Å². The van der Waals surface area contributed by atoms with E-state index >= 15 is 0 Å². The zero-order chi connectivity index (χ0) is 14.9. The Hall–Kier alpha value is -0.120. The van der Waals surface area contributed by atoms with E-state index in [1.807, 2.05) is 0 Å². The predicted molar refractivity (Wildman–Crippen MR) is 89.7 cm³/mol. The molecule has 0 aromatic rings. The third-order valence-corrected chi connectivity index (χ3v) is 5.17. The average Bonchev–Trinajstić information content (AvgIpc) is 2.53. The first-order chi connectivity index (χ1) is 10.3. The van der Waals surface area contributed by atoms with Crippen molar-refractivity contribution in [3.63, 3.8) is 0 Å². The summed E-state index contributed by atoms with van der Waals surface area (Å²) in [5.41, 5.74) is 0. The molecule has 0 radical (unpaired) electrons. The molecule has 3 nitrogen and oxygen atoms in total. The number of nitrogens with one attached hydrogen (secondary N) is 1. The van der Waals surface area contributed by atoms with Gasteiger partial charge in [-0.3, -0.25) is 0 Å². The number of nitrogens with zero attached hydrogens (tertiary/aromatic N) is 1. The van der Waals surface area contributed by atoms with Crippen LogP contribution in [0, 0.1) is 5.92 Å². The van der Waals surface area contributed by atoms with Crippen LogP contribution in [0.25, 0.3) is 0 Å². The standard InChI is InChI=1S/C18H36N2O/c1-3-12-19-18(16-9-5-4-6-10-16)15-20(2)14-17-11-7-8-13-21-17/h16-19H,3-15H2,1-2H3. The van der Waals surface area contributed by atoms with Crippen LogP contribution in [0.15, 0.2) is 0 Å². The molecule has 0 aromatic heterocycles. The summed E-state index contributed by atoms with van der Waals surface area (Å²) in [6, 6.07) is 0.679. The van der Waals surface area contributed by atoms with E-state index in [0.717, 1.165) is 25.6 Å². The van der Waals surface area contributed by atoms with Crippen molar-refractivity contribution in [1.29, 1.82) is 0 Å². The van der Waals surface area contributed by atoms with Crippen molar-refractivity contribution in [2.45, 2.75) is 76.9 Å². The lowest BCUT2D eigenvalue weighted by molar-refractivity contribution is -0.00387. The molecule has 21 heavy (non-hydrogen) atoms. The van der Waals surface area contributed by atoms with Crippen LogP contribution in [0.5, 0.6) is 0 Å². The van der Waals surface area contributed by atoms with Crippen LogP contribution >= 0.6 is 0 Å². The zero-order valence-electron chi connectivity index (χ0n) is 14.3. The van der Waals surface area contributed by atoms with Crippen LogP contribution in [0.1, 0.15) is 64.7 Å². The summed E-state index contributed by atoms with van der Waals surface area (Å²) in [7, 11) is 2.28. The van der Waals surface area contributed by atoms with Gasteiger partial charge in [-0.2, -0.15) is 0 Å². The van der Waals surface area contributed by atoms with Gasteiger partial charge in [0.1, 0.15) is 0 Å². The summed E-state index contributed by atoms with van der Waals surface area (Å²) in [6.07, 6.45) is 12.7. The Kier molecular flexibility index (Phi) is 8.05. The van der Waals surface area contributed by atoms with E-state index < -0.39 is 0 Å². The Labute approximate surface area is 131 Å². The van der Waals surface area contributed by atoms with E-state index in [4.69, 9.17) is 4.74 Å². The van der Waals surface area contributed by atoms with Gasteiger partial charge in [0.05, 0.1) is 6.10 Å². The minimum atomic E-state index is 0.474. The van der Waals surface area contributed by atoms with Gasteiger partial charge in [-0.1, -0.05) is 26.2 Å². The second-order valence-electron chi connectivity index (χ2n) is 7.17. The van der Waals surface area contributed by atoms with Crippen molar-refractivity contribution < 1.29 is 4.74 Å². The predicted octanol–water partition coefficient (Wildman–Crippen LogP) is 3.44. The van der Waals surface area contributed by atoms with Gasteiger partial charge in [0.25, 0.3) is 0 Å². The Morgan fingerprint density at radius 2 is 1.86 bits per heavy atom. The second kappa shape index (κ2) is 9.81. The molecule has 2 aliphatic rings. The number of hydrogen-bond donors (Lipinski definition) is 1. The molecule has 0 bridgehead atoms. The fourth-order valence-electron chi connectivity index (χ4n) is 3.96. The van der Waals surface area contributed by atoms with E-state index in [2.05, 4.69) is 24.2 Å². The number of likely N-dealkylation sites (N-methyl/N-ethyl adjacent to an activating group) is 1.